The van der Waals surface area contributed by atoms with E-state index in [9.17, 15) is 9.59 Å². The third kappa shape index (κ3) is 4.80. The number of carbonyl (C=O) groups is 2. The van der Waals surface area contributed by atoms with Gasteiger partial charge in [-0.05, 0) is 68.0 Å². The zero-order valence-electron chi connectivity index (χ0n) is 17.4. The van der Waals surface area contributed by atoms with E-state index in [2.05, 4.69) is 11.4 Å². The van der Waals surface area contributed by atoms with Crippen molar-refractivity contribution in [1.82, 2.24) is 0 Å². The molecule has 3 aromatic carbocycles. The van der Waals surface area contributed by atoms with Crippen molar-refractivity contribution in [3.63, 3.8) is 0 Å². The molecule has 31 heavy (non-hydrogen) atoms. The number of hydrogen-bond donors (Lipinski definition) is 1. The van der Waals surface area contributed by atoms with E-state index >= 15 is 0 Å². The summed E-state index contributed by atoms with van der Waals surface area (Å²) in [4.78, 5) is 25.9. The van der Waals surface area contributed by atoms with Gasteiger partial charge < -0.3 is 10.1 Å². The molecule has 4 nitrogen and oxygen atoms in total. The first-order valence-electron chi connectivity index (χ1n) is 10.5. The molecular weight excluding hydrogens is 410 g/mol. The summed E-state index contributed by atoms with van der Waals surface area (Å²) < 4.78 is 6.03. The summed E-state index contributed by atoms with van der Waals surface area (Å²) in [6.07, 6.45) is 3.60. The summed E-state index contributed by atoms with van der Waals surface area (Å²) >= 11 is 6.13. The summed E-state index contributed by atoms with van der Waals surface area (Å²) in [7, 11) is 0. The van der Waals surface area contributed by atoms with E-state index in [0.717, 1.165) is 25.0 Å². The number of fused-ring (bicyclic) bond motifs is 1. The number of carbonyl (C=O) groups excluding carboxylic acids is 2. The molecule has 1 N–H and O–H groups in total. The maximum Gasteiger partial charge on any atom is 0.265 e. The number of anilines is 1. The summed E-state index contributed by atoms with van der Waals surface area (Å²) in [5.74, 6) is 0.235. The minimum Gasteiger partial charge on any atom is -0.481 e. The van der Waals surface area contributed by atoms with Gasteiger partial charge in [0.1, 0.15) is 5.75 Å². The van der Waals surface area contributed by atoms with Crippen molar-refractivity contribution in [2.45, 2.75) is 38.7 Å². The topological polar surface area (TPSA) is 55.4 Å². The Morgan fingerprint density at radius 1 is 0.968 bits per heavy atom. The standard InChI is InChI=1S/C26H24ClNO3/c1-17(31-24-13-7-11-18-8-5-6-12-21(18)24)26(30)28-23-15-14-20(27)16-22(23)25(29)19-9-3-2-4-10-19/h2-4,7,9-11,13-17H,5-6,8,12H2,1H3,(H,28,30)/t17-/m0/s1. The quantitative estimate of drug-likeness (QED) is 0.495. The van der Waals surface area contributed by atoms with Crippen LogP contribution in [0.25, 0.3) is 0 Å². The van der Waals surface area contributed by atoms with Crippen LogP contribution in [0.3, 0.4) is 0 Å². The fourth-order valence-corrected chi connectivity index (χ4v) is 4.07. The normalized spacial score (nSPS) is 13.7. The summed E-state index contributed by atoms with van der Waals surface area (Å²) in [6.45, 7) is 1.71. The fourth-order valence-electron chi connectivity index (χ4n) is 3.89. The number of amides is 1. The van der Waals surface area contributed by atoms with E-state index < -0.39 is 6.10 Å². The lowest BCUT2D eigenvalue weighted by Crippen LogP contribution is -2.31. The highest BCUT2D eigenvalue weighted by Crippen LogP contribution is 2.30. The number of ketones is 1. The van der Waals surface area contributed by atoms with Crippen LogP contribution in [0, 0.1) is 0 Å². The summed E-state index contributed by atoms with van der Waals surface area (Å²) in [6, 6.07) is 19.8. The van der Waals surface area contributed by atoms with Crippen LogP contribution in [0.4, 0.5) is 5.69 Å². The average Bonchev–Trinajstić information content (AvgIpc) is 2.80. The van der Waals surface area contributed by atoms with Crippen LogP contribution >= 0.6 is 11.6 Å². The van der Waals surface area contributed by atoms with Gasteiger partial charge in [0, 0.05) is 16.1 Å². The molecule has 3 aromatic rings. The highest BCUT2D eigenvalue weighted by Gasteiger charge is 2.22. The predicted octanol–water partition coefficient (Wildman–Crippen LogP) is 5.86. The first-order chi connectivity index (χ1) is 15.0. The van der Waals surface area contributed by atoms with Crippen molar-refractivity contribution >= 4 is 29.0 Å². The number of halogens is 1. The lowest BCUT2D eigenvalue weighted by atomic mass is 9.91. The second-order valence-electron chi connectivity index (χ2n) is 7.74. The smallest absolute Gasteiger partial charge is 0.265 e. The average molecular weight is 434 g/mol. The molecule has 0 unspecified atom stereocenters. The van der Waals surface area contributed by atoms with Gasteiger partial charge in [0.15, 0.2) is 11.9 Å². The zero-order valence-corrected chi connectivity index (χ0v) is 18.1. The molecule has 5 heteroatoms. The number of nitrogens with one attached hydrogen (secondary N) is 1. The van der Waals surface area contributed by atoms with E-state index in [1.54, 1.807) is 49.4 Å². The maximum absolute atomic E-state index is 13.0. The monoisotopic (exact) mass is 433 g/mol. The Bertz CT molecular complexity index is 1110. The molecule has 1 aliphatic rings. The van der Waals surface area contributed by atoms with Crippen LogP contribution < -0.4 is 10.1 Å². The molecule has 1 atom stereocenters. The third-order valence-electron chi connectivity index (χ3n) is 5.55. The highest BCUT2D eigenvalue weighted by molar-refractivity contribution is 6.31. The molecule has 158 valence electrons. The van der Waals surface area contributed by atoms with Gasteiger partial charge in [-0.2, -0.15) is 0 Å². The minimum absolute atomic E-state index is 0.205. The van der Waals surface area contributed by atoms with E-state index in [1.165, 1.54) is 17.5 Å². The van der Waals surface area contributed by atoms with Gasteiger partial charge in [-0.1, -0.05) is 54.1 Å². The van der Waals surface area contributed by atoms with Crippen LogP contribution in [0.2, 0.25) is 5.02 Å². The Hall–Kier alpha value is -3.11. The van der Waals surface area contributed by atoms with Crippen LogP contribution in [0.1, 0.15) is 46.8 Å². The maximum atomic E-state index is 13.0. The van der Waals surface area contributed by atoms with Crippen LogP contribution in [0.5, 0.6) is 5.75 Å². The molecule has 0 radical (unpaired) electrons. The summed E-state index contributed by atoms with van der Waals surface area (Å²) in [5.41, 5.74) is 3.77. The molecule has 0 spiro atoms. The molecule has 0 bridgehead atoms. The number of ether oxygens (including phenoxy) is 1. The number of benzene rings is 3. The molecule has 1 amide bonds. The van der Waals surface area contributed by atoms with Gasteiger partial charge in [0.2, 0.25) is 0 Å². The second kappa shape index (κ2) is 9.36. The van der Waals surface area contributed by atoms with E-state index in [-0.39, 0.29) is 11.7 Å². The fraction of sp³-hybridized carbons (Fsp3) is 0.231. The number of rotatable bonds is 6. The van der Waals surface area contributed by atoms with Gasteiger partial charge in [0.25, 0.3) is 5.91 Å². The SMILES string of the molecule is C[C@H](Oc1cccc2c1CCCC2)C(=O)Nc1ccc(Cl)cc1C(=O)c1ccccc1. The minimum atomic E-state index is -0.719. The van der Waals surface area contributed by atoms with Crippen molar-refractivity contribution in [2.24, 2.45) is 0 Å². The Labute approximate surface area is 187 Å². The zero-order chi connectivity index (χ0) is 21.8. The molecule has 4 rings (SSSR count). The highest BCUT2D eigenvalue weighted by atomic mass is 35.5. The molecular formula is C26H24ClNO3. The molecule has 0 aliphatic heterocycles. The first-order valence-corrected chi connectivity index (χ1v) is 10.9. The van der Waals surface area contributed by atoms with Crippen molar-refractivity contribution in [3.05, 3.63) is 94.0 Å². The van der Waals surface area contributed by atoms with Crippen LogP contribution in [0.15, 0.2) is 66.7 Å². The largest absolute Gasteiger partial charge is 0.481 e. The Morgan fingerprint density at radius 3 is 2.55 bits per heavy atom. The van der Waals surface area contributed by atoms with E-state index in [1.807, 2.05) is 18.2 Å². The molecule has 0 aromatic heterocycles. The van der Waals surface area contributed by atoms with Crippen molar-refractivity contribution in [1.29, 1.82) is 0 Å². The third-order valence-corrected chi connectivity index (χ3v) is 5.78. The van der Waals surface area contributed by atoms with Gasteiger partial charge in [0.05, 0.1) is 5.69 Å². The molecule has 0 heterocycles. The van der Waals surface area contributed by atoms with E-state index in [4.69, 9.17) is 16.3 Å². The van der Waals surface area contributed by atoms with Gasteiger partial charge in [-0.25, -0.2) is 0 Å². The summed E-state index contributed by atoms with van der Waals surface area (Å²) in [5, 5.41) is 3.27. The second-order valence-corrected chi connectivity index (χ2v) is 8.17. The predicted molar refractivity (Wildman–Crippen MR) is 123 cm³/mol. The van der Waals surface area contributed by atoms with Crippen molar-refractivity contribution in [2.75, 3.05) is 5.32 Å². The van der Waals surface area contributed by atoms with Crippen molar-refractivity contribution in [3.8, 4) is 5.75 Å². The Morgan fingerprint density at radius 2 is 1.74 bits per heavy atom. The number of aryl methyl sites for hydroxylation is 1. The van der Waals surface area contributed by atoms with Gasteiger partial charge in [-0.3, -0.25) is 9.59 Å². The van der Waals surface area contributed by atoms with Crippen LogP contribution in [-0.4, -0.2) is 17.8 Å². The Balaban J connectivity index is 1.53. The van der Waals surface area contributed by atoms with Crippen LogP contribution in [-0.2, 0) is 17.6 Å². The lowest BCUT2D eigenvalue weighted by Gasteiger charge is -2.22. The first kappa shape index (κ1) is 21.1. The number of hydrogen-bond acceptors (Lipinski definition) is 3. The lowest BCUT2D eigenvalue weighted by molar-refractivity contribution is -0.122. The Kier molecular flexibility index (Phi) is 6.38. The molecule has 0 saturated carbocycles. The van der Waals surface area contributed by atoms with E-state index in [0.29, 0.717) is 21.8 Å². The molecule has 0 saturated heterocycles. The molecule has 1 aliphatic carbocycles. The van der Waals surface area contributed by atoms with Gasteiger partial charge in [-0.15, -0.1) is 0 Å². The van der Waals surface area contributed by atoms with Gasteiger partial charge >= 0.3 is 0 Å². The van der Waals surface area contributed by atoms with Crippen molar-refractivity contribution < 1.29 is 14.3 Å². The molecule has 0 fully saturated rings.